The van der Waals surface area contributed by atoms with Crippen molar-refractivity contribution in [2.24, 2.45) is 0 Å². The van der Waals surface area contributed by atoms with Crippen LogP contribution in [-0.4, -0.2) is 41.2 Å². The van der Waals surface area contributed by atoms with Gasteiger partial charge in [0.1, 0.15) is 6.10 Å². The molecule has 2 heterocycles. The average molecular weight is 427 g/mol. The highest BCUT2D eigenvalue weighted by molar-refractivity contribution is 5.56. The van der Waals surface area contributed by atoms with Crippen molar-refractivity contribution in [3.63, 3.8) is 0 Å². The lowest BCUT2D eigenvalue weighted by molar-refractivity contribution is -0.138. The molecule has 1 saturated heterocycles. The Kier molecular flexibility index (Phi) is 6.25. The van der Waals surface area contributed by atoms with E-state index >= 15 is 0 Å². The first-order chi connectivity index (χ1) is 14.9. The molecule has 3 aromatic rings. The molecule has 0 radical (unpaired) electrons. The van der Waals surface area contributed by atoms with E-state index in [1.165, 1.54) is 6.07 Å². The fourth-order valence-electron chi connectivity index (χ4n) is 4.05. The number of aliphatic hydroxyl groups is 1. The van der Waals surface area contributed by atoms with Crippen LogP contribution in [0.15, 0.2) is 73.1 Å². The largest absolute Gasteiger partial charge is 0.416 e. The number of benzene rings is 2. The van der Waals surface area contributed by atoms with Crippen molar-refractivity contribution in [2.75, 3.05) is 31.1 Å². The molecule has 0 saturated carbocycles. The van der Waals surface area contributed by atoms with Crippen LogP contribution in [0.25, 0.3) is 0 Å². The molecular weight excluding hydrogens is 403 g/mol. The predicted molar refractivity (Wildman–Crippen MR) is 114 cm³/mol. The van der Waals surface area contributed by atoms with E-state index in [2.05, 4.69) is 9.88 Å². The van der Waals surface area contributed by atoms with Crippen LogP contribution in [0.2, 0.25) is 0 Å². The van der Waals surface area contributed by atoms with Crippen molar-refractivity contribution >= 4 is 5.69 Å². The molecule has 4 rings (SSSR count). The van der Waals surface area contributed by atoms with E-state index in [1.54, 1.807) is 30.6 Å². The third-order valence-electron chi connectivity index (χ3n) is 5.66. The first-order valence-corrected chi connectivity index (χ1v) is 10.2. The van der Waals surface area contributed by atoms with Crippen molar-refractivity contribution < 1.29 is 18.3 Å². The number of rotatable bonds is 5. The Labute approximate surface area is 179 Å². The van der Waals surface area contributed by atoms with Gasteiger partial charge in [0.2, 0.25) is 0 Å². The Morgan fingerprint density at radius 3 is 2.32 bits per heavy atom. The summed E-state index contributed by atoms with van der Waals surface area (Å²) in [5, 5.41) is 10.9. The predicted octanol–water partition coefficient (Wildman–Crippen LogP) is 4.50. The number of anilines is 1. The fourth-order valence-corrected chi connectivity index (χ4v) is 4.05. The van der Waals surface area contributed by atoms with Gasteiger partial charge < -0.3 is 10.0 Å². The number of halogens is 3. The molecule has 0 unspecified atom stereocenters. The average Bonchev–Trinajstić information content (AvgIpc) is 2.79. The second-order valence-corrected chi connectivity index (χ2v) is 7.67. The van der Waals surface area contributed by atoms with E-state index < -0.39 is 17.8 Å². The van der Waals surface area contributed by atoms with Gasteiger partial charge >= 0.3 is 6.18 Å². The maximum atomic E-state index is 13.3. The van der Waals surface area contributed by atoms with Crippen LogP contribution in [0.4, 0.5) is 18.9 Å². The number of aliphatic hydroxyl groups excluding tert-OH is 1. The second kappa shape index (κ2) is 9.08. The molecule has 0 aliphatic carbocycles. The van der Waals surface area contributed by atoms with Gasteiger partial charge in [0.25, 0.3) is 0 Å². The van der Waals surface area contributed by atoms with Gasteiger partial charge in [-0.3, -0.25) is 9.88 Å². The Hall–Kier alpha value is -2.90. The number of nitrogens with zero attached hydrogens (tertiary/aromatic N) is 3. The van der Waals surface area contributed by atoms with E-state index in [-0.39, 0.29) is 6.54 Å². The van der Waals surface area contributed by atoms with Gasteiger partial charge in [0.15, 0.2) is 0 Å². The minimum absolute atomic E-state index is 0.267. The Balaban J connectivity index is 1.46. The molecule has 31 heavy (non-hydrogen) atoms. The minimum atomic E-state index is -4.35. The van der Waals surface area contributed by atoms with Gasteiger partial charge in [0, 0.05) is 61.9 Å². The highest BCUT2D eigenvalue weighted by Gasteiger charge is 2.33. The van der Waals surface area contributed by atoms with E-state index in [1.807, 2.05) is 35.2 Å². The van der Waals surface area contributed by atoms with Crippen molar-refractivity contribution in [3.8, 4) is 0 Å². The van der Waals surface area contributed by atoms with Crippen molar-refractivity contribution in [1.29, 1.82) is 0 Å². The summed E-state index contributed by atoms with van der Waals surface area (Å²) in [5.41, 5.74) is 2.19. The maximum Gasteiger partial charge on any atom is 0.416 e. The molecular formula is C24H24F3N3O. The maximum absolute atomic E-state index is 13.3. The zero-order valence-corrected chi connectivity index (χ0v) is 17.0. The first kappa shape index (κ1) is 21.3. The minimum Gasteiger partial charge on any atom is -0.384 e. The monoisotopic (exact) mass is 427 g/mol. The first-order valence-electron chi connectivity index (χ1n) is 10.2. The smallest absolute Gasteiger partial charge is 0.384 e. The SMILES string of the molecule is O[C@@H](c1cccnc1)c1ccccc1N1CCN(Cc2ccccc2C(F)(F)F)CC1. The number of pyridine rings is 1. The van der Waals surface area contributed by atoms with Crippen LogP contribution < -0.4 is 4.90 Å². The highest BCUT2D eigenvalue weighted by Crippen LogP contribution is 2.33. The fraction of sp³-hybridized carbons (Fsp3) is 0.292. The molecule has 0 spiro atoms. The summed E-state index contributed by atoms with van der Waals surface area (Å²) in [7, 11) is 0. The van der Waals surface area contributed by atoms with Crippen LogP contribution in [0.5, 0.6) is 0 Å². The van der Waals surface area contributed by atoms with E-state index in [4.69, 9.17) is 0 Å². The molecule has 1 aromatic heterocycles. The van der Waals surface area contributed by atoms with Gasteiger partial charge in [0.05, 0.1) is 5.56 Å². The summed E-state index contributed by atoms with van der Waals surface area (Å²) < 4.78 is 39.9. The molecule has 2 aromatic carbocycles. The summed E-state index contributed by atoms with van der Waals surface area (Å²) in [4.78, 5) is 8.31. The van der Waals surface area contributed by atoms with Gasteiger partial charge in [-0.2, -0.15) is 13.2 Å². The molecule has 0 bridgehead atoms. The van der Waals surface area contributed by atoms with E-state index in [0.717, 1.165) is 22.9 Å². The Morgan fingerprint density at radius 1 is 0.903 bits per heavy atom. The molecule has 4 nitrogen and oxygen atoms in total. The van der Waals surface area contributed by atoms with Crippen molar-refractivity contribution in [1.82, 2.24) is 9.88 Å². The number of alkyl halides is 3. The number of piperazine rings is 1. The zero-order valence-electron chi connectivity index (χ0n) is 17.0. The van der Waals surface area contributed by atoms with Gasteiger partial charge in [-0.1, -0.05) is 42.5 Å². The number of hydrogen-bond acceptors (Lipinski definition) is 4. The van der Waals surface area contributed by atoms with Crippen LogP contribution in [0.1, 0.15) is 28.4 Å². The quantitative estimate of drug-likeness (QED) is 0.651. The summed E-state index contributed by atoms with van der Waals surface area (Å²) in [6.07, 6.45) is -1.82. The molecule has 0 amide bonds. The lowest BCUT2D eigenvalue weighted by Gasteiger charge is -2.37. The molecule has 1 aliphatic rings. The van der Waals surface area contributed by atoms with Crippen LogP contribution in [0, 0.1) is 0 Å². The Morgan fingerprint density at radius 2 is 1.61 bits per heavy atom. The molecule has 1 fully saturated rings. The highest BCUT2D eigenvalue weighted by atomic mass is 19.4. The van der Waals surface area contributed by atoms with E-state index in [0.29, 0.717) is 31.7 Å². The van der Waals surface area contributed by atoms with Gasteiger partial charge in [-0.05, 0) is 23.8 Å². The van der Waals surface area contributed by atoms with Crippen molar-refractivity contribution in [3.05, 3.63) is 95.3 Å². The molecule has 1 atom stereocenters. The van der Waals surface area contributed by atoms with Crippen LogP contribution >= 0.6 is 0 Å². The molecule has 162 valence electrons. The van der Waals surface area contributed by atoms with Crippen LogP contribution in [-0.2, 0) is 12.7 Å². The van der Waals surface area contributed by atoms with Gasteiger partial charge in [-0.25, -0.2) is 0 Å². The normalized spacial score (nSPS) is 16.3. The molecule has 7 heteroatoms. The summed E-state index contributed by atoms with van der Waals surface area (Å²) >= 11 is 0. The van der Waals surface area contributed by atoms with E-state index in [9.17, 15) is 18.3 Å². The third-order valence-corrected chi connectivity index (χ3v) is 5.66. The second-order valence-electron chi connectivity index (χ2n) is 7.67. The number of aromatic nitrogens is 1. The Bertz CT molecular complexity index is 1000. The van der Waals surface area contributed by atoms with Gasteiger partial charge in [-0.15, -0.1) is 0 Å². The summed E-state index contributed by atoms with van der Waals surface area (Å²) in [6.45, 7) is 2.90. The lowest BCUT2D eigenvalue weighted by atomic mass is 10.00. The number of hydrogen-bond donors (Lipinski definition) is 1. The summed E-state index contributed by atoms with van der Waals surface area (Å²) in [5.74, 6) is 0. The third kappa shape index (κ3) is 4.89. The zero-order chi connectivity index (χ0) is 21.8. The lowest BCUT2D eigenvalue weighted by Crippen LogP contribution is -2.46. The molecule has 1 aliphatic heterocycles. The van der Waals surface area contributed by atoms with Crippen LogP contribution in [0.3, 0.4) is 0 Å². The van der Waals surface area contributed by atoms with Crippen molar-refractivity contribution in [2.45, 2.75) is 18.8 Å². The molecule has 1 N–H and O–H groups in total. The topological polar surface area (TPSA) is 39.6 Å². The summed E-state index contributed by atoms with van der Waals surface area (Å²) in [6, 6.07) is 17.1. The number of para-hydroxylation sites is 1. The standard InChI is InChI=1S/C24H24F3N3O/c25-24(26,27)21-9-3-1-6-19(21)17-29-12-14-30(15-13-29)22-10-4-2-8-20(22)23(31)18-7-5-11-28-16-18/h1-11,16,23,31H,12-15,17H2/t23-/m0/s1.